The number of pyridine rings is 1. The first-order valence-corrected chi connectivity index (χ1v) is 11.7. The van der Waals surface area contributed by atoms with Crippen LogP contribution >= 0.6 is 11.6 Å². The zero-order chi connectivity index (χ0) is 22.6. The van der Waals surface area contributed by atoms with Crippen molar-refractivity contribution in [3.8, 4) is 28.5 Å². The molecule has 0 bridgehead atoms. The van der Waals surface area contributed by atoms with Crippen LogP contribution in [0.5, 0.6) is 0 Å². The van der Waals surface area contributed by atoms with Gasteiger partial charge < -0.3 is 5.32 Å². The highest BCUT2D eigenvalue weighted by molar-refractivity contribution is 7.90. The quantitative estimate of drug-likeness (QED) is 0.561. The van der Waals surface area contributed by atoms with Crippen LogP contribution in [0.25, 0.3) is 28.5 Å². The Morgan fingerprint density at radius 3 is 2.78 bits per heavy atom. The summed E-state index contributed by atoms with van der Waals surface area (Å²) in [6.07, 6.45) is 3.79. The summed E-state index contributed by atoms with van der Waals surface area (Å²) in [6, 6.07) is 13.2. The molecule has 32 heavy (non-hydrogen) atoms. The summed E-state index contributed by atoms with van der Waals surface area (Å²) in [5, 5.41) is 12.9. The summed E-state index contributed by atoms with van der Waals surface area (Å²) in [5.74, 6) is 0.662. The summed E-state index contributed by atoms with van der Waals surface area (Å²) in [5.41, 5.74) is 6.59. The molecule has 0 atom stereocenters. The van der Waals surface area contributed by atoms with E-state index in [0.29, 0.717) is 22.6 Å². The van der Waals surface area contributed by atoms with Crippen molar-refractivity contribution in [3.05, 3.63) is 82.0 Å². The Morgan fingerprint density at radius 2 is 2.00 bits per heavy atom. The van der Waals surface area contributed by atoms with Gasteiger partial charge in [0.05, 0.1) is 22.3 Å². The monoisotopic (exact) mass is 460 g/mol. The van der Waals surface area contributed by atoms with E-state index in [0.717, 1.165) is 33.5 Å². The van der Waals surface area contributed by atoms with Crippen LogP contribution in [0.1, 0.15) is 22.3 Å². The van der Waals surface area contributed by atoms with Crippen LogP contribution in [0.3, 0.4) is 0 Å². The largest absolute Gasteiger partial charge is 0.340 e. The Bertz CT molecular complexity index is 1520. The Kier molecular flexibility index (Phi) is 4.68. The molecule has 1 aromatic heterocycles. The minimum atomic E-state index is -3.60. The fraction of sp³-hybridized carbons (Fsp3) is 0.0833. The maximum absolute atomic E-state index is 12.3. The van der Waals surface area contributed by atoms with Crippen LogP contribution in [-0.4, -0.2) is 13.4 Å². The first-order valence-electron chi connectivity index (χ1n) is 9.80. The van der Waals surface area contributed by atoms with Crippen molar-refractivity contribution in [1.82, 2.24) is 9.71 Å². The lowest BCUT2D eigenvalue weighted by atomic mass is 9.92. The molecule has 0 saturated heterocycles. The van der Waals surface area contributed by atoms with Crippen molar-refractivity contribution >= 4 is 33.5 Å². The number of hydrogen-bond donors (Lipinski definition) is 2. The zero-order valence-electron chi connectivity index (χ0n) is 17.0. The Hall–Kier alpha value is -3.44. The van der Waals surface area contributed by atoms with Gasteiger partial charge in [-0.05, 0) is 60.0 Å². The SMILES string of the molecule is C=C1C=Cc2cc(-c3cc(Cl)c4c(c3)CNS4(=O)=O)c(-c3cccc(C#N)c3C)nc2N1. The van der Waals surface area contributed by atoms with Gasteiger partial charge in [0.1, 0.15) is 10.7 Å². The normalized spacial score (nSPS) is 15.6. The van der Waals surface area contributed by atoms with Crippen LogP contribution in [0.2, 0.25) is 5.02 Å². The Balaban J connectivity index is 1.81. The van der Waals surface area contributed by atoms with Crippen molar-refractivity contribution < 1.29 is 8.42 Å². The number of sulfonamides is 1. The summed E-state index contributed by atoms with van der Waals surface area (Å²) in [4.78, 5) is 5.01. The minimum Gasteiger partial charge on any atom is -0.340 e. The number of nitrogens with zero attached hydrogens (tertiary/aromatic N) is 2. The first kappa shape index (κ1) is 20.5. The van der Waals surface area contributed by atoms with E-state index in [1.54, 1.807) is 12.1 Å². The summed E-state index contributed by atoms with van der Waals surface area (Å²) in [6.45, 7) is 6.01. The highest BCUT2D eigenvalue weighted by Gasteiger charge is 2.30. The van der Waals surface area contributed by atoms with Crippen LogP contribution in [0, 0.1) is 18.3 Å². The lowest BCUT2D eigenvalue weighted by Gasteiger charge is -2.20. The molecule has 3 aromatic rings. The molecule has 5 rings (SSSR count). The number of fused-ring (bicyclic) bond motifs is 2. The molecule has 8 heteroatoms. The van der Waals surface area contributed by atoms with Crippen LogP contribution in [-0.2, 0) is 16.6 Å². The molecule has 2 N–H and O–H groups in total. The third kappa shape index (κ3) is 3.21. The second-order valence-corrected chi connectivity index (χ2v) is 9.78. The minimum absolute atomic E-state index is 0.121. The zero-order valence-corrected chi connectivity index (χ0v) is 18.6. The molecular formula is C24H17ClN4O2S. The van der Waals surface area contributed by atoms with Gasteiger partial charge >= 0.3 is 0 Å². The van der Waals surface area contributed by atoms with Gasteiger partial charge in [0.25, 0.3) is 0 Å². The van der Waals surface area contributed by atoms with Crippen molar-refractivity contribution in [2.75, 3.05) is 5.32 Å². The van der Waals surface area contributed by atoms with Gasteiger partial charge in [0.15, 0.2) is 0 Å². The maximum Gasteiger partial charge on any atom is 0.242 e. The number of halogens is 1. The molecule has 0 aliphatic carbocycles. The maximum atomic E-state index is 12.3. The molecule has 0 radical (unpaired) electrons. The summed E-state index contributed by atoms with van der Waals surface area (Å²) < 4.78 is 27.1. The highest BCUT2D eigenvalue weighted by Crippen LogP contribution is 2.41. The fourth-order valence-corrected chi connectivity index (χ4v) is 5.89. The van der Waals surface area contributed by atoms with E-state index in [2.05, 4.69) is 22.7 Å². The first-order chi connectivity index (χ1) is 15.3. The molecule has 0 fully saturated rings. The number of nitrogens with one attached hydrogen (secondary N) is 2. The van der Waals surface area contributed by atoms with Gasteiger partial charge in [-0.15, -0.1) is 0 Å². The van der Waals surface area contributed by atoms with E-state index in [4.69, 9.17) is 16.6 Å². The molecule has 3 heterocycles. The van der Waals surface area contributed by atoms with Crippen LogP contribution in [0.4, 0.5) is 5.82 Å². The third-order valence-electron chi connectivity index (χ3n) is 5.66. The molecule has 2 aliphatic rings. The molecular weight excluding hydrogens is 444 g/mol. The van der Waals surface area contributed by atoms with Gasteiger partial charge in [-0.2, -0.15) is 5.26 Å². The summed E-state index contributed by atoms with van der Waals surface area (Å²) >= 11 is 6.43. The predicted octanol–water partition coefficient (Wildman–Crippen LogP) is 4.99. The standard InChI is InChI=1S/C24H17ClN4O2S/c1-13-6-7-15-9-20(17-8-18-12-27-32(30,31)23(18)21(25)10-17)22(29-24(15)28-13)19-5-3-4-16(11-26)14(19)2/h3-10,27H,1,12H2,2H3,(H,28,29). The number of aromatic nitrogens is 1. The number of anilines is 1. The van der Waals surface area contributed by atoms with Gasteiger partial charge in [-0.25, -0.2) is 18.1 Å². The van der Waals surface area contributed by atoms with Gasteiger partial charge in [-0.1, -0.05) is 30.3 Å². The van der Waals surface area contributed by atoms with E-state index in [1.165, 1.54) is 0 Å². The van der Waals surface area contributed by atoms with Crippen molar-refractivity contribution in [3.63, 3.8) is 0 Å². The molecule has 158 valence electrons. The van der Waals surface area contributed by atoms with E-state index in [-0.39, 0.29) is 16.5 Å². The lowest BCUT2D eigenvalue weighted by molar-refractivity contribution is 0.589. The molecule has 2 aromatic carbocycles. The molecule has 0 spiro atoms. The molecule has 2 aliphatic heterocycles. The average molecular weight is 461 g/mol. The second kappa shape index (κ2) is 7.31. The van der Waals surface area contributed by atoms with E-state index in [1.807, 2.05) is 43.3 Å². The number of hydrogen-bond acceptors (Lipinski definition) is 5. The smallest absolute Gasteiger partial charge is 0.242 e. The number of benzene rings is 2. The van der Waals surface area contributed by atoms with E-state index in [9.17, 15) is 13.7 Å². The van der Waals surface area contributed by atoms with E-state index >= 15 is 0 Å². The molecule has 0 amide bonds. The number of nitriles is 1. The van der Waals surface area contributed by atoms with Gasteiger partial charge in [0, 0.05) is 28.9 Å². The van der Waals surface area contributed by atoms with Gasteiger partial charge in [-0.3, -0.25) is 0 Å². The third-order valence-corrected chi connectivity index (χ3v) is 7.61. The number of rotatable bonds is 2. The molecule has 6 nitrogen and oxygen atoms in total. The molecule has 0 unspecified atom stereocenters. The predicted molar refractivity (Wildman–Crippen MR) is 125 cm³/mol. The second-order valence-electron chi connectivity index (χ2n) is 7.67. The highest BCUT2D eigenvalue weighted by atomic mass is 35.5. The summed E-state index contributed by atoms with van der Waals surface area (Å²) in [7, 11) is -3.60. The van der Waals surface area contributed by atoms with E-state index < -0.39 is 10.0 Å². The van der Waals surface area contributed by atoms with Gasteiger partial charge in [0.2, 0.25) is 10.0 Å². The Labute approximate surface area is 190 Å². The van der Waals surface area contributed by atoms with Crippen molar-refractivity contribution in [2.45, 2.75) is 18.4 Å². The van der Waals surface area contributed by atoms with Crippen LogP contribution < -0.4 is 10.0 Å². The van der Waals surface area contributed by atoms with Crippen molar-refractivity contribution in [1.29, 1.82) is 5.26 Å². The Morgan fingerprint density at radius 1 is 1.19 bits per heavy atom. The number of allylic oxidation sites excluding steroid dienone is 1. The lowest BCUT2D eigenvalue weighted by Crippen LogP contribution is -2.14. The van der Waals surface area contributed by atoms with Crippen molar-refractivity contribution in [2.24, 2.45) is 0 Å². The molecule has 0 saturated carbocycles. The van der Waals surface area contributed by atoms with Crippen LogP contribution in [0.15, 0.2) is 59.6 Å². The topological polar surface area (TPSA) is 94.9 Å². The average Bonchev–Trinajstić information content (AvgIpc) is 3.08. The fourth-order valence-electron chi connectivity index (χ4n) is 4.06.